The van der Waals surface area contributed by atoms with E-state index in [-0.39, 0.29) is 11.9 Å². The third kappa shape index (κ3) is 7.03. The number of nitrogens with zero attached hydrogens (tertiary/aromatic N) is 2. The van der Waals surface area contributed by atoms with Gasteiger partial charge in [-0.1, -0.05) is 32.0 Å². The van der Waals surface area contributed by atoms with Crippen LogP contribution < -0.4 is 5.73 Å². The maximum Gasteiger partial charge on any atom is 0.320 e. The number of benzene rings is 1. The highest BCUT2D eigenvalue weighted by molar-refractivity contribution is 5.82. The second-order valence-corrected chi connectivity index (χ2v) is 9.70. The highest BCUT2D eigenvalue weighted by atomic mass is 16.5. The van der Waals surface area contributed by atoms with Crippen molar-refractivity contribution in [3.8, 4) is 0 Å². The Kier molecular flexibility index (Phi) is 9.75. The van der Waals surface area contributed by atoms with E-state index in [1.165, 1.54) is 11.1 Å². The first-order valence-electron chi connectivity index (χ1n) is 13.0. The number of ether oxygens (including phenoxy) is 1. The van der Waals surface area contributed by atoms with Gasteiger partial charge in [0.25, 0.3) is 0 Å². The number of carbonyl (C=O) groups is 2. The lowest BCUT2D eigenvalue weighted by Crippen LogP contribution is -2.49. The Morgan fingerprint density at radius 1 is 0.970 bits per heavy atom. The van der Waals surface area contributed by atoms with Gasteiger partial charge < -0.3 is 15.4 Å². The molecule has 1 atom stereocenters. The standard InChI is InChI=1S/C27H43N3O3/c1-4-21-8-7-20(17-22(21)5-2)18-25(28)27(32)30-15-11-24(12-16-30)23-9-13-29(14-10-23)19-26(31)33-6-3/h7-8,17,23-25H,4-6,9-16,18-19,28H2,1-3H3/t25-/m1/s1. The number of rotatable bonds is 9. The van der Waals surface area contributed by atoms with E-state index >= 15 is 0 Å². The van der Waals surface area contributed by atoms with E-state index in [0.29, 0.717) is 31.4 Å². The number of hydrogen-bond acceptors (Lipinski definition) is 5. The van der Waals surface area contributed by atoms with Crippen LogP contribution in [0.25, 0.3) is 0 Å². The molecule has 0 aromatic heterocycles. The van der Waals surface area contributed by atoms with Crippen molar-refractivity contribution in [3.05, 3.63) is 34.9 Å². The van der Waals surface area contributed by atoms with Crippen LogP contribution in [0.5, 0.6) is 0 Å². The molecule has 184 valence electrons. The number of likely N-dealkylation sites (tertiary alicyclic amines) is 2. The van der Waals surface area contributed by atoms with Crippen LogP contribution in [0, 0.1) is 11.8 Å². The molecular formula is C27H43N3O3. The van der Waals surface area contributed by atoms with Gasteiger partial charge in [-0.05, 0) is 93.5 Å². The average Bonchev–Trinajstić information content (AvgIpc) is 2.84. The Morgan fingerprint density at radius 2 is 1.58 bits per heavy atom. The summed E-state index contributed by atoms with van der Waals surface area (Å²) in [6.07, 6.45) is 7.03. The predicted molar refractivity (Wildman–Crippen MR) is 132 cm³/mol. The Labute approximate surface area is 199 Å². The van der Waals surface area contributed by atoms with Crippen LogP contribution in [0.15, 0.2) is 18.2 Å². The average molecular weight is 458 g/mol. The second kappa shape index (κ2) is 12.5. The highest BCUT2D eigenvalue weighted by Gasteiger charge is 2.32. The van der Waals surface area contributed by atoms with Gasteiger partial charge in [0.2, 0.25) is 5.91 Å². The number of amides is 1. The first-order chi connectivity index (χ1) is 15.9. The van der Waals surface area contributed by atoms with Gasteiger partial charge in [0.05, 0.1) is 19.2 Å². The molecule has 1 aromatic rings. The fraction of sp³-hybridized carbons (Fsp3) is 0.704. The summed E-state index contributed by atoms with van der Waals surface area (Å²) in [5.41, 5.74) is 10.3. The summed E-state index contributed by atoms with van der Waals surface area (Å²) >= 11 is 0. The molecule has 2 N–H and O–H groups in total. The molecular weight excluding hydrogens is 414 g/mol. The number of aryl methyl sites for hydroxylation is 2. The van der Waals surface area contributed by atoms with Crippen molar-refractivity contribution in [1.29, 1.82) is 0 Å². The van der Waals surface area contributed by atoms with Gasteiger partial charge in [0, 0.05) is 13.1 Å². The molecule has 6 nitrogen and oxygen atoms in total. The third-order valence-corrected chi connectivity index (χ3v) is 7.61. The van der Waals surface area contributed by atoms with E-state index in [9.17, 15) is 9.59 Å². The van der Waals surface area contributed by atoms with E-state index in [4.69, 9.17) is 10.5 Å². The van der Waals surface area contributed by atoms with Crippen LogP contribution in [0.2, 0.25) is 0 Å². The molecule has 0 saturated carbocycles. The van der Waals surface area contributed by atoms with E-state index in [1.807, 2.05) is 11.8 Å². The third-order valence-electron chi connectivity index (χ3n) is 7.61. The van der Waals surface area contributed by atoms with Crippen LogP contribution >= 0.6 is 0 Å². The van der Waals surface area contributed by atoms with Crippen molar-refractivity contribution < 1.29 is 14.3 Å². The zero-order chi connectivity index (χ0) is 23.8. The Balaban J connectivity index is 1.43. The molecule has 0 spiro atoms. The number of hydrogen-bond donors (Lipinski definition) is 1. The fourth-order valence-electron chi connectivity index (χ4n) is 5.62. The molecule has 2 heterocycles. The SMILES string of the molecule is CCOC(=O)CN1CCC(C2CCN(C(=O)[C@H](N)Cc3ccc(CC)c(CC)c3)CC2)CC1. The van der Waals surface area contributed by atoms with Crippen molar-refractivity contribution in [2.45, 2.75) is 71.8 Å². The van der Waals surface area contributed by atoms with Crippen LogP contribution in [0.1, 0.15) is 63.1 Å². The summed E-state index contributed by atoms with van der Waals surface area (Å²) in [5, 5.41) is 0. The molecule has 2 fully saturated rings. The number of nitrogens with two attached hydrogens (primary N) is 1. The summed E-state index contributed by atoms with van der Waals surface area (Å²) < 4.78 is 5.07. The Hall–Kier alpha value is -1.92. The minimum atomic E-state index is -0.468. The van der Waals surface area contributed by atoms with Crippen molar-refractivity contribution in [2.24, 2.45) is 17.6 Å². The number of carbonyl (C=O) groups excluding carboxylic acids is 2. The minimum Gasteiger partial charge on any atom is -0.465 e. The normalized spacial score (nSPS) is 19.5. The van der Waals surface area contributed by atoms with Gasteiger partial charge in [0.1, 0.15) is 0 Å². The van der Waals surface area contributed by atoms with Gasteiger partial charge in [-0.15, -0.1) is 0 Å². The van der Waals surface area contributed by atoms with Crippen LogP contribution in [-0.4, -0.2) is 67.0 Å². The lowest BCUT2D eigenvalue weighted by atomic mass is 9.78. The molecule has 0 radical (unpaired) electrons. The van der Waals surface area contributed by atoms with Crippen molar-refractivity contribution >= 4 is 11.9 Å². The van der Waals surface area contributed by atoms with E-state index < -0.39 is 6.04 Å². The molecule has 0 bridgehead atoms. The molecule has 33 heavy (non-hydrogen) atoms. The van der Waals surface area contributed by atoms with E-state index in [1.54, 1.807) is 0 Å². The first kappa shape index (κ1) is 25.7. The number of esters is 1. The van der Waals surface area contributed by atoms with Crippen LogP contribution in [-0.2, 0) is 33.6 Å². The maximum absolute atomic E-state index is 13.0. The van der Waals surface area contributed by atoms with Gasteiger partial charge in [-0.25, -0.2) is 0 Å². The molecule has 6 heteroatoms. The minimum absolute atomic E-state index is 0.0929. The summed E-state index contributed by atoms with van der Waals surface area (Å²) in [6, 6.07) is 6.08. The summed E-state index contributed by atoms with van der Waals surface area (Å²) in [7, 11) is 0. The summed E-state index contributed by atoms with van der Waals surface area (Å²) in [6.45, 7) is 10.6. The van der Waals surface area contributed by atoms with Gasteiger partial charge >= 0.3 is 5.97 Å². The lowest BCUT2D eigenvalue weighted by Gasteiger charge is -2.40. The largest absolute Gasteiger partial charge is 0.465 e. The zero-order valence-electron chi connectivity index (χ0n) is 20.9. The smallest absolute Gasteiger partial charge is 0.320 e. The molecule has 0 unspecified atom stereocenters. The topological polar surface area (TPSA) is 75.9 Å². The van der Waals surface area contributed by atoms with Gasteiger partial charge in [-0.3, -0.25) is 14.5 Å². The van der Waals surface area contributed by atoms with Gasteiger partial charge in [-0.2, -0.15) is 0 Å². The lowest BCUT2D eigenvalue weighted by molar-refractivity contribution is -0.144. The molecule has 1 aromatic carbocycles. The van der Waals surface area contributed by atoms with Crippen LogP contribution in [0.3, 0.4) is 0 Å². The zero-order valence-corrected chi connectivity index (χ0v) is 20.9. The number of piperidine rings is 2. The molecule has 2 saturated heterocycles. The quantitative estimate of drug-likeness (QED) is 0.577. The van der Waals surface area contributed by atoms with Gasteiger partial charge in [0.15, 0.2) is 0 Å². The predicted octanol–water partition coefficient (Wildman–Crippen LogP) is 3.19. The Bertz CT molecular complexity index is 781. The molecule has 2 aliphatic rings. The van der Waals surface area contributed by atoms with Crippen molar-refractivity contribution in [3.63, 3.8) is 0 Å². The van der Waals surface area contributed by atoms with Crippen molar-refractivity contribution in [2.75, 3.05) is 39.3 Å². The molecule has 1 amide bonds. The highest BCUT2D eigenvalue weighted by Crippen LogP contribution is 2.32. The monoisotopic (exact) mass is 457 g/mol. The summed E-state index contributed by atoms with van der Waals surface area (Å²) in [4.78, 5) is 28.9. The first-order valence-corrected chi connectivity index (χ1v) is 13.0. The molecule has 2 aliphatic heterocycles. The molecule has 0 aliphatic carbocycles. The fourth-order valence-corrected chi connectivity index (χ4v) is 5.62. The van der Waals surface area contributed by atoms with E-state index in [2.05, 4.69) is 36.9 Å². The van der Waals surface area contributed by atoms with Crippen molar-refractivity contribution in [1.82, 2.24) is 9.80 Å². The van der Waals surface area contributed by atoms with E-state index in [0.717, 1.165) is 70.3 Å². The van der Waals surface area contributed by atoms with Crippen LogP contribution in [0.4, 0.5) is 0 Å². The maximum atomic E-state index is 13.0. The second-order valence-electron chi connectivity index (χ2n) is 9.70. The molecule has 3 rings (SSSR count). The Morgan fingerprint density at radius 3 is 2.15 bits per heavy atom. The summed E-state index contributed by atoms with van der Waals surface area (Å²) in [5.74, 6) is 1.34.